The van der Waals surface area contributed by atoms with Crippen LogP contribution in [0.4, 0.5) is 5.13 Å². The summed E-state index contributed by atoms with van der Waals surface area (Å²) in [7, 11) is 0. The third-order valence-corrected chi connectivity index (χ3v) is 6.70. The lowest BCUT2D eigenvalue weighted by atomic mass is 10.2. The lowest BCUT2D eigenvalue weighted by Gasteiger charge is -1.99. The van der Waals surface area contributed by atoms with Gasteiger partial charge in [-0.2, -0.15) is 5.10 Å². The number of thiazole rings is 2. The van der Waals surface area contributed by atoms with E-state index in [2.05, 4.69) is 43.6 Å². The molecular formula is C21H17BrN4S2. The second kappa shape index (κ2) is 8.34. The van der Waals surface area contributed by atoms with E-state index >= 15 is 0 Å². The summed E-state index contributed by atoms with van der Waals surface area (Å²) < 4.78 is 1.06. The van der Waals surface area contributed by atoms with Gasteiger partial charge in [0.05, 0.1) is 22.0 Å². The van der Waals surface area contributed by atoms with Gasteiger partial charge < -0.3 is 0 Å². The topological polar surface area (TPSA) is 50.2 Å². The third-order valence-electron chi connectivity index (χ3n) is 4.11. The number of hydrazone groups is 1. The lowest BCUT2D eigenvalue weighted by Crippen LogP contribution is -1.99. The number of benzene rings is 2. The molecule has 0 saturated carbocycles. The summed E-state index contributed by atoms with van der Waals surface area (Å²) in [5.74, 6) is 0. The maximum Gasteiger partial charge on any atom is 0.203 e. The van der Waals surface area contributed by atoms with Crippen molar-refractivity contribution < 1.29 is 0 Å². The average Bonchev–Trinajstić information content (AvgIpc) is 3.34. The van der Waals surface area contributed by atoms with Crippen molar-refractivity contribution in [1.29, 1.82) is 0 Å². The van der Waals surface area contributed by atoms with Gasteiger partial charge in [-0.1, -0.05) is 58.4 Å². The number of halogens is 1. The van der Waals surface area contributed by atoms with E-state index in [0.717, 1.165) is 47.7 Å². The molecule has 0 radical (unpaired) electrons. The highest BCUT2D eigenvalue weighted by molar-refractivity contribution is 9.10. The Balaban J connectivity index is 1.51. The SMILES string of the molecule is C/C(=N\Nc1nc(-c2ccc(Br)cc2)cs1)c1sc(-c2ccccc2)nc1C. The first kappa shape index (κ1) is 19.0. The zero-order valence-electron chi connectivity index (χ0n) is 15.3. The van der Waals surface area contributed by atoms with Crippen molar-refractivity contribution in [2.45, 2.75) is 13.8 Å². The van der Waals surface area contributed by atoms with Crippen LogP contribution in [0.1, 0.15) is 17.5 Å². The summed E-state index contributed by atoms with van der Waals surface area (Å²) in [6.45, 7) is 4.01. The Morgan fingerprint density at radius 3 is 2.50 bits per heavy atom. The number of nitrogens with zero attached hydrogens (tertiary/aromatic N) is 3. The van der Waals surface area contributed by atoms with E-state index in [1.165, 1.54) is 11.3 Å². The molecule has 0 aliphatic carbocycles. The predicted octanol–water partition coefficient (Wildman–Crippen LogP) is 6.84. The van der Waals surface area contributed by atoms with Crippen molar-refractivity contribution >= 4 is 49.4 Å². The Kier molecular flexibility index (Phi) is 5.66. The van der Waals surface area contributed by atoms with Crippen LogP contribution in [-0.4, -0.2) is 15.7 Å². The molecule has 4 nitrogen and oxygen atoms in total. The molecule has 0 spiro atoms. The standard InChI is InChI=1S/C21H17BrN4S2/c1-13-19(28-20(23-13)16-6-4-3-5-7-16)14(2)25-26-21-24-18(12-27-21)15-8-10-17(22)11-9-15/h3-12H,1-2H3,(H,24,26)/b25-14+. The zero-order chi connectivity index (χ0) is 19.5. The highest BCUT2D eigenvalue weighted by Gasteiger charge is 2.12. The van der Waals surface area contributed by atoms with Gasteiger partial charge >= 0.3 is 0 Å². The molecule has 0 aliphatic rings. The van der Waals surface area contributed by atoms with Crippen molar-refractivity contribution in [3.63, 3.8) is 0 Å². The van der Waals surface area contributed by atoms with E-state index in [1.807, 2.05) is 61.7 Å². The van der Waals surface area contributed by atoms with Crippen LogP contribution in [0.15, 0.2) is 69.6 Å². The normalized spacial score (nSPS) is 11.6. The lowest BCUT2D eigenvalue weighted by molar-refractivity contribution is 1.24. The molecule has 0 fully saturated rings. The highest BCUT2D eigenvalue weighted by atomic mass is 79.9. The smallest absolute Gasteiger partial charge is 0.203 e. The molecule has 0 aliphatic heterocycles. The first-order valence-electron chi connectivity index (χ1n) is 8.65. The minimum Gasteiger partial charge on any atom is -0.252 e. The molecule has 0 atom stereocenters. The van der Waals surface area contributed by atoms with E-state index in [9.17, 15) is 0 Å². The van der Waals surface area contributed by atoms with E-state index < -0.39 is 0 Å². The van der Waals surface area contributed by atoms with Crippen LogP contribution in [0.25, 0.3) is 21.8 Å². The number of nitrogens with one attached hydrogen (secondary N) is 1. The number of hydrogen-bond donors (Lipinski definition) is 1. The van der Waals surface area contributed by atoms with Gasteiger partial charge in [0.1, 0.15) is 5.01 Å². The van der Waals surface area contributed by atoms with E-state index in [1.54, 1.807) is 11.3 Å². The summed E-state index contributed by atoms with van der Waals surface area (Å²) in [5, 5.41) is 8.34. The van der Waals surface area contributed by atoms with E-state index in [4.69, 9.17) is 4.98 Å². The van der Waals surface area contributed by atoms with Crippen molar-refractivity contribution in [2.75, 3.05) is 5.43 Å². The highest BCUT2D eigenvalue weighted by Crippen LogP contribution is 2.29. The molecule has 140 valence electrons. The fourth-order valence-electron chi connectivity index (χ4n) is 2.70. The maximum atomic E-state index is 4.70. The van der Waals surface area contributed by atoms with Gasteiger partial charge in [0, 0.05) is 21.0 Å². The Labute approximate surface area is 180 Å². The summed E-state index contributed by atoms with van der Waals surface area (Å²) in [6.07, 6.45) is 0. The van der Waals surface area contributed by atoms with Gasteiger partial charge in [-0.3, -0.25) is 5.43 Å². The second-order valence-electron chi connectivity index (χ2n) is 6.15. The van der Waals surface area contributed by atoms with Gasteiger partial charge in [-0.25, -0.2) is 9.97 Å². The van der Waals surface area contributed by atoms with Crippen LogP contribution in [-0.2, 0) is 0 Å². The van der Waals surface area contributed by atoms with E-state index in [0.29, 0.717) is 0 Å². The third kappa shape index (κ3) is 4.22. The molecule has 0 bridgehead atoms. The van der Waals surface area contributed by atoms with Crippen LogP contribution in [0.2, 0.25) is 0 Å². The average molecular weight is 469 g/mol. The van der Waals surface area contributed by atoms with Crippen molar-refractivity contribution in [3.05, 3.63) is 75.0 Å². The van der Waals surface area contributed by atoms with Crippen LogP contribution >= 0.6 is 38.6 Å². The first-order valence-corrected chi connectivity index (χ1v) is 11.1. The number of anilines is 1. The Hall–Kier alpha value is -2.35. The van der Waals surface area contributed by atoms with Crippen molar-refractivity contribution in [2.24, 2.45) is 5.10 Å². The van der Waals surface area contributed by atoms with Crippen molar-refractivity contribution in [1.82, 2.24) is 9.97 Å². The molecule has 2 aromatic heterocycles. The number of aryl methyl sites for hydroxylation is 1. The van der Waals surface area contributed by atoms with Gasteiger partial charge in [0.2, 0.25) is 5.13 Å². The molecule has 28 heavy (non-hydrogen) atoms. The minimum absolute atomic E-state index is 0.766. The van der Waals surface area contributed by atoms with Gasteiger partial charge in [-0.15, -0.1) is 22.7 Å². The fraction of sp³-hybridized carbons (Fsp3) is 0.0952. The fourth-order valence-corrected chi connectivity index (χ4v) is 4.64. The molecule has 4 aromatic rings. The minimum atomic E-state index is 0.766. The molecule has 4 rings (SSSR count). The summed E-state index contributed by atoms with van der Waals surface area (Å²) >= 11 is 6.65. The maximum absolute atomic E-state index is 4.70. The molecule has 0 amide bonds. The Morgan fingerprint density at radius 2 is 1.75 bits per heavy atom. The van der Waals surface area contributed by atoms with Gasteiger partial charge in [0.25, 0.3) is 0 Å². The first-order chi connectivity index (χ1) is 13.6. The van der Waals surface area contributed by atoms with Gasteiger partial charge in [-0.05, 0) is 26.0 Å². The molecule has 2 aromatic carbocycles. The van der Waals surface area contributed by atoms with Crippen molar-refractivity contribution in [3.8, 4) is 21.8 Å². The van der Waals surface area contributed by atoms with Crippen LogP contribution in [0.3, 0.4) is 0 Å². The Bertz CT molecular complexity index is 1120. The van der Waals surface area contributed by atoms with E-state index in [-0.39, 0.29) is 0 Å². The summed E-state index contributed by atoms with van der Waals surface area (Å²) in [5.41, 5.74) is 8.12. The molecular weight excluding hydrogens is 452 g/mol. The number of rotatable bonds is 5. The molecule has 2 heterocycles. The zero-order valence-corrected chi connectivity index (χ0v) is 18.5. The van der Waals surface area contributed by atoms with Crippen LogP contribution in [0.5, 0.6) is 0 Å². The predicted molar refractivity (Wildman–Crippen MR) is 123 cm³/mol. The Morgan fingerprint density at radius 1 is 1.00 bits per heavy atom. The summed E-state index contributed by atoms with van der Waals surface area (Å²) in [6, 6.07) is 18.3. The quantitative estimate of drug-likeness (QED) is 0.257. The largest absolute Gasteiger partial charge is 0.252 e. The molecule has 0 unspecified atom stereocenters. The summed E-state index contributed by atoms with van der Waals surface area (Å²) in [4.78, 5) is 10.4. The second-order valence-corrected chi connectivity index (χ2v) is 8.93. The molecule has 1 N–H and O–H groups in total. The monoisotopic (exact) mass is 468 g/mol. The van der Waals surface area contributed by atoms with Gasteiger partial charge in [0.15, 0.2) is 0 Å². The number of hydrogen-bond acceptors (Lipinski definition) is 6. The molecule has 7 heteroatoms. The number of aromatic nitrogens is 2. The molecule has 0 saturated heterocycles. The van der Waals surface area contributed by atoms with Crippen LogP contribution in [0, 0.1) is 6.92 Å². The van der Waals surface area contributed by atoms with Crippen LogP contribution < -0.4 is 5.43 Å².